The molecule has 0 radical (unpaired) electrons. The molecule has 6 heterocycles. The summed E-state index contributed by atoms with van der Waals surface area (Å²) in [4.78, 5) is 62.9. The zero-order valence-corrected chi connectivity index (χ0v) is 42.6. The molecule has 4 aliphatic rings. The zero-order valence-electron chi connectivity index (χ0n) is 38.6. The number of rotatable bonds is 12. The van der Waals surface area contributed by atoms with Crippen LogP contribution in [-0.2, 0) is 39.5 Å². The van der Waals surface area contributed by atoms with Crippen LogP contribution in [-0.4, -0.2) is 94.6 Å². The minimum absolute atomic E-state index is 0. The van der Waals surface area contributed by atoms with Gasteiger partial charge in [0.2, 0.25) is 11.6 Å². The molecule has 4 aromatic rings. The summed E-state index contributed by atoms with van der Waals surface area (Å²) in [5, 5.41) is 2.98. The van der Waals surface area contributed by atoms with Crippen molar-refractivity contribution in [3.8, 4) is 22.3 Å². The Balaban J connectivity index is 0.000000231. The van der Waals surface area contributed by atoms with Crippen LogP contribution in [0.1, 0.15) is 132 Å². The van der Waals surface area contributed by atoms with E-state index in [9.17, 15) is 49.5 Å². The van der Waals surface area contributed by atoms with Crippen molar-refractivity contribution in [3.63, 3.8) is 0 Å². The SMILES string of the molecule is C[C@@H]1N[C@H](C(=O)CCc2cc(-c3cnc(C(F)(F)F)nc3)c(Br)c(C3CC3)n2)C[C@H]1F.C[C@H]1[C@H](F)C[C@@H](C(=O)CCc2cc(-c3cnc(C(F)(F)F)nc3)c(Br)c(C3CC3)n2)N1C(=O)OC(C)(C)C.Cl. The van der Waals surface area contributed by atoms with Crippen molar-refractivity contribution in [2.75, 3.05) is 0 Å². The second kappa shape index (κ2) is 21.8. The van der Waals surface area contributed by atoms with Gasteiger partial charge >= 0.3 is 18.4 Å². The molecule has 2 aliphatic carbocycles. The first-order valence-corrected chi connectivity index (χ1v) is 24.2. The molecule has 2 saturated carbocycles. The summed E-state index contributed by atoms with van der Waals surface area (Å²) in [7, 11) is 0. The maximum absolute atomic E-state index is 14.6. The quantitative estimate of drug-likeness (QED) is 0.135. The predicted octanol–water partition coefficient (Wildman–Crippen LogP) is 11.6. The fourth-order valence-electron chi connectivity index (χ4n) is 8.23. The minimum atomic E-state index is -4.65. The van der Waals surface area contributed by atoms with E-state index in [0.717, 1.165) is 61.9 Å². The molecule has 2 aliphatic heterocycles. The van der Waals surface area contributed by atoms with Crippen molar-refractivity contribution in [1.29, 1.82) is 0 Å². The van der Waals surface area contributed by atoms with Gasteiger partial charge in [0, 0.05) is 111 Å². The summed E-state index contributed by atoms with van der Waals surface area (Å²) in [6.07, 6.45) is -3.17. The number of hydrogen-bond donors (Lipinski definition) is 1. The van der Waals surface area contributed by atoms with E-state index in [1.54, 1.807) is 46.8 Å². The smallest absolute Gasteiger partial charge is 0.444 e. The molecule has 0 bridgehead atoms. The molecule has 6 atom stereocenters. The van der Waals surface area contributed by atoms with Crippen molar-refractivity contribution >= 4 is 61.9 Å². The highest BCUT2D eigenvalue weighted by atomic mass is 79.9. The van der Waals surface area contributed by atoms with Crippen LogP contribution in [0, 0.1) is 0 Å². The molecule has 4 aromatic heterocycles. The van der Waals surface area contributed by atoms with Gasteiger partial charge in [-0.25, -0.2) is 33.5 Å². The number of Topliss-reactive ketones (excluding diaryl/α,β-unsaturated/α-hetero) is 2. The van der Waals surface area contributed by atoms with E-state index in [-0.39, 0.29) is 74.0 Å². The zero-order chi connectivity index (χ0) is 50.3. The summed E-state index contributed by atoms with van der Waals surface area (Å²) < 4.78 is 112. The van der Waals surface area contributed by atoms with Gasteiger partial charge in [-0.05, 0) is 117 Å². The third-order valence-electron chi connectivity index (χ3n) is 12.3. The molecule has 0 unspecified atom stereocenters. The number of halogens is 11. The first-order valence-electron chi connectivity index (χ1n) is 22.6. The molecule has 380 valence electrons. The number of aryl methyl sites for hydroxylation is 2. The summed E-state index contributed by atoms with van der Waals surface area (Å²) in [5.41, 5.74) is 4.05. The first-order chi connectivity index (χ1) is 32.3. The Morgan fingerprint density at radius 2 is 1.13 bits per heavy atom. The largest absolute Gasteiger partial charge is 0.451 e. The molecular formula is C47H51Br2ClF8N8O4. The maximum Gasteiger partial charge on any atom is 0.451 e. The van der Waals surface area contributed by atoms with Crippen LogP contribution >= 0.6 is 44.3 Å². The van der Waals surface area contributed by atoms with Crippen LogP contribution in [0.4, 0.5) is 39.9 Å². The molecule has 0 spiro atoms. The molecule has 2 saturated heterocycles. The Morgan fingerprint density at radius 1 is 0.700 bits per heavy atom. The van der Waals surface area contributed by atoms with Crippen LogP contribution in [0.25, 0.3) is 22.3 Å². The molecule has 0 aromatic carbocycles. The number of ketones is 2. The Bertz CT molecular complexity index is 2540. The maximum atomic E-state index is 14.6. The number of amides is 1. The van der Waals surface area contributed by atoms with Gasteiger partial charge in [0.15, 0.2) is 5.78 Å². The Labute approximate surface area is 422 Å². The van der Waals surface area contributed by atoms with E-state index in [0.29, 0.717) is 49.0 Å². The van der Waals surface area contributed by atoms with E-state index in [1.807, 2.05) is 0 Å². The van der Waals surface area contributed by atoms with Crippen molar-refractivity contribution in [3.05, 3.63) is 80.3 Å². The van der Waals surface area contributed by atoms with Gasteiger partial charge in [0.25, 0.3) is 0 Å². The van der Waals surface area contributed by atoms with Crippen molar-refractivity contribution in [2.24, 2.45) is 0 Å². The van der Waals surface area contributed by atoms with E-state index < -0.39 is 66.2 Å². The monoisotopic (exact) mass is 1140 g/mol. The number of ether oxygens (including phenoxy) is 1. The Kier molecular flexibility index (Phi) is 17.2. The molecule has 23 heteroatoms. The lowest BCUT2D eigenvalue weighted by molar-refractivity contribution is -0.145. The standard InChI is InChI=1S/C26H29BrF4N4O3.C21H21BrF4N4O.ClH/c1-13-18(28)10-19(35(13)24(37)38-25(2,3)4)20(36)8-7-16-9-17(21(27)22(34-16)14-5-6-14)15-11-32-23(33-12-15)26(29,30)31;1-10-15(23)7-16(29-10)17(31)5-4-13-6-14(18(22)19(30-13)11-2-3-11)12-8-27-20(28-9-12)21(24,25)26;/h9,11-14,18-19H,5-8,10H2,1-4H3;6,8-11,15-16,29H,2-5,7H2,1H3;1H/t13-,18+,19-;10-,15+,16-;/m00./s1. The number of alkyl halides is 8. The number of nitrogens with zero attached hydrogens (tertiary/aromatic N) is 7. The van der Waals surface area contributed by atoms with Gasteiger partial charge in [-0.15, -0.1) is 12.4 Å². The van der Waals surface area contributed by atoms with Crippen LogP contribution in [0.3, 0.4) is 0 Å². The minimum Gasteiger partial charge on any atom is -0.444 e. The highest BCUT2D eigenvalue weighted by Crippen LogP contribution is 2.47. The molecule has 12 nitrogen and oxygen atoms in total. The van der Waals surface area contributed by atoms with Crippen LogP contribution < -0.4 is 5.32 Å². The second-order valence-electron chi connectivity index (χ2n) is 18.9. The number of nitrogens with one attached hydrogen (secondary N) is 1. The predicted molar refractivity (Wildman–Crippen MR) is 251 cm³/mol. The lowest BCUT2D eigenvalue weighted by atomic mass is 10.0. The highest BCUT2D eigenvalue weighted by Gasteiger charge is 2.46. The van der Waals surface area contributed by atoms with Crippen molar-refractivity contribution in [2.45, 2.75) is 165 Å². The van der Waals surface area contributed by atoms with E-state index in [4.69, 9.17) is 14.7 Å². The molecule has 1 amide bonds. The van der Waals surface area contributed by atoms with Gasteiger partial charge in [-0.2, -0.15) is 26.3 Å². The van der Waals surface area contributed by atoms with Crippen LogP contribution in [0.15, 0.2) is 45.9 Å². The first kappa shape index (κ1) is 55.0. The fourth-order valence-corrected chi connectivity index (χ4v) is 9.74. The van der Waals surface area contributed by atoms with Gasteiger partial charge in [0.1, 0.15) is 23.7 Å². The summed E-state index contributed by atoms with van der Waals surface area (Å²) >= 11 is 7.08. The Hall–Kier alpha value is -4.28. The third kappa shape index (κ3) is 13.4. The van der Waals surface area contributed by atoms with Crippen LogP contribution in [0.2, 0.25) is 0 Å². The van der Waals surface area contributed by atoms with Crippen molar-refractivity contribution < 1.29 is 54.2 Å². The van der Waals surface area contributed by atoms with E-state index >= 15 is 0 Å². The summed E-state index contributed by atoms with van der Waals surface area (Å²) in [6, 6.07) is 0.862. The topological polar surface area (TPSA) is 153 Å². The third-order valence-corrected chi connectivity index (χ3v) is 13.9. The molecule has 70 heavy (non-hydrogen) atoms. The Morgan fingerprint density at radius 3 is 1.50 bits per heavy atom. The molecule has 8 rings (SSSR count). The van der Waals surface area contributed by atoms with Gasteiger partial charge < -0.3 is 10.1 Å². The molecular weight excluding hydrogens is 1090 g/mol. The van der Waals surface area contributed by atoms with Gasteiger partial charge in [-0.1, -0.05) is 0 Å². The average Bonchev–Trinajstić information content (AvgIpc) is 4.22. The van der Waals surface area contributed by atoms with Crippen LogP contribution in [0.5, 0.6) is 0 Å². The van der Waals surface area contributed by atoms with E-state index in [2.05, 4.69) is 57.1 Å². The van der Waals surface area contributed by atoms with Gasteiger partial charge in [0.05, 0.1) is 29.5 Å². The average molecular weight is 1140 g/mol. The fraction of sp³-hybridized carbons (Fsp3) is 0.553. The lowest BCUT2D eigenvalue weighted by Crippen LogP contribution is -2.47. The van der Waals surface area contributed by atoms with Gasteiger partial charge in [-0.3, -0.25) is 24.5 Å². The highest BCUT2D eigenvalue weighted by molar-refractivity contribution is 9.11. The van der Waals surface area contributed by atoms with Crippen molar-refractivity contribution in [1.82, 2.24) is 40.1 Å². The number of carbonyl (C=O) groups excluding carboxylic acids is 3. The summed E-state index contributed by atoms with van der Waals surface area (Å²) in [6.45, 7) is 8.37. The van der Waals surface area contributed by atoms with E-state index in [1.165, 1.54) is 4.90 Å². The number of aromatic nitrogens is 6. The number of pyridine rings is 2. The number of hydrogen-bond acceptors (Lipinski definition) is 11. The number of likely N-dealkylation sites (tertiary alicyclic amines) is 1. The number of carbonyl (C=O) groups is 3. The molecule has 4 fully saturated rings. The summed E-state index contributed by atoms with van der Waals surface area (Å²) in [5.74, 6) is -2.31. The normalized spacial score (nSPS) is 22.5. The molecule has 1 N–H and O–H groups in total. The second-order valence-corrected chi connectivity index (χ2v) is 20.5. The lowest BCUT2D eigenvalue weighted by Gasteiger charge is -2.30.